The molecule has 3 unspecified atom stereocenters. The molecular weight excluding hydrogens is 247 g/mol. The van der Waals surface area contributed by atoms with Crippen LogP contribution in [-0.2, 0) is 5.41 Å². The van der Waals surface area contributed by atoms with Gasteiger partial charge in [0.05, 0.1) is 0 Å². The van der Waals surface area contributed by atoms with Crippen LogP contribution in [0.15, 0.2) is 24.3 Å². The molecule has 0 saturated heterocycles. The zero-order valence-corrected chi connectivity index (χ0v) is 12.2. The topological polar surface area (TPSA) is 0 Å². The van der Waals surface area contributed by atoms with Gasteiger partial charge in [-0.3, -0.25) is 0 Å². The van der Waals surface area contributed by atoms with Crippen LogP contribution in [0.5, 0.6) is 0 Å². The van der Waals surface area contributed by atoms with Gasteiger partial charge in [-0.15, -0.1) is 11.6 Å². The van der Waals surface area contributed by atoms with Crippen LogP contribution in [0.25, 0.3) is 0 Å². The van der Waals surface area contributed by atoms with E-state index in [4.69, 9.17) is 11.6 Å². The SMILES string of the molecule is CC1CCC(C(C)(C)c2ccccc2F)C(Cl)C1. The molecule has 1 saturated carbocycles. The zero-order valence-electron chi connectivity index (χ0n) is 11.4. The van der Waals surface area contributed by atoms with Crippen molar-refractivity contribution in [1.82, 2.24) is 0 Å². The maximum Gasteiger partial charge on any atom is 0.126 e. The molecule has 3 atom stereocenters. The van der Waals surface area contributed by atoms with E-state index in [1.54, 1.807) is 12.1 Å². The summed E-state index contributed by atoms with van der Waals surface area (Å²) in [6.45, 7) is 6.50. The van der Waals surface area contributed by atoms with Crippen molar-refractivity contribution in [2.45, 2.75) is 50.8 Å². The summed E-state index contributed by atoms with van der Waals surface area (Å²) in [5, 5.41) is 0.156. The Morgan fingerprint density at radius 2 is 1.89 bits per heavy atom. The van der Waals surface area contributed by atoms with Gasteiger partial charge < -0.3 is 0 Å². The molecule has 1 fully saturated rings. The number of benzene rings is 1. The molecule has 0 spiro atoms. The largest absolute Gasteiger partial charge is 0.207 e. The highest BCUT2D eigenvalue weighted by molar-refractivity contribution is 6.20. The van der Waals surface area contributed by atoms with Gasteiger partial charge in [-0.1, -0.05) is 45.4 Å². The molecule has 1 aromatic carbocycles. The molecule has 2 heteroatoms. The van der Waals surface area contributed by atoms with Gasteiger partial charge in [-0.05, 0) is 41.7 Å². The van der Waals surface area contributed by atoms with Crippen LogP contribution in [0.1, 0.15) is 45.6 Å². The maximum atomic E-state index is 14.0. The van der Waals surface area contributed by atoms with E-state index in [1.165, 1.54) is 6.42 Å². The third-order valence-corrected chi connectivity index (χ3v) is 5.01. The lowest BCUT2D eigenvalue weighted by molar-refractivity contribution is 0.204. The smallest absolute Gasteiger partial charge is 0.126 e. The van der Waals surface area contributed by atoms with Gasteiger partial charge >= 0.3 is 0 Å². The fourth-order valence-corrected chi connectivity index (χ4v) is 4.05. The number of alkyl halides is 1. The lowest BCUT2D eigenvalue weighted by Gasteiger charge is -2.42. The first-order valence-corrected chi connectivity index (χ1v) is 7.25. The van der Waals surface area contributed by atoms with E-state index < -0.39 is 0 Å². The quantitative estimate of drug-likeness (QED) is 0.651. The molecule has 0 aromatic heterocycles. The van der Waals surface area contributed by atoms with Gasteiger partial charge in [0.15, 0.2) is 0 Å². The molecule has 1 aliphatic carbocycles. The Balaban J connectivity index is 2.28. The van der Waals surface area contributed by atoms with Crippen LogP contribution < -0.4 is 0 Å². The monoisotopic (exact) mass is 268 g/mol. The molecule has 0 nitrogen and oxygen atoms in total. The lowest BCUT2D eigenvalue weighted by Crippen LogP contribution is -2.39. The van der Waals surface area contributed by atoms with Crippen LogP contribution in [-0.4, -0.2) is 5.38 Å². The van der Waals surface area contributed by atoms with E-state index in [9.17, 15) is 4.39 Å². The fourth-order valence-electron chi connectivity index (χ4n) is 3.31. The first-order chi connectivity index (χ1) is 8.43. The molecule has 2 rings (SSSR count). The second-order valence-electron chi connectivity index (χ2n) is 6.24. The summed E-state index contributed by atoms with van der Waals surface area (Å²) in [4.78, 5) is 0. The summed E-state index contributed by atoms with van der Waals surface area (Å²) >= 11 is 6.54. The first-order valence-electron chi connectivity index (χ1n) is 6.82. The van der Waals surface area contributed by atoms with Crippen molar-refractivity contribution < 1.29 is 4.39 Å². The van der Waals surface area contributed by atoms with Crippen LogP contribution >= 0.6 is 11.6 Å². The molecule has 18 heavy (non-hydrogen) atoms. The normalized spacial score (nSPS) is 29.3. The minimum Gasteiger partial charge on any atom is -0.207 e. The van der Waals surface area contributed by atoms with E-state index in [2.05, 4.69) is 20.8 Å². The lowest BCUT2D eigenvalue weighted by atomic mass is 9.65. The summed E-state index contributed by atoms with van der Waals surface area (Å²) in [6, 6.07) is 7.10. The molecule has 100 valence electrons. The highest BCUT2D eigenvalue weighted by Gasteiger charge is 2.40. The summed E-state index contributed by atoms with van der Waals surface area (Å²) in [5.41, 5.74) is 0.605. The van der Waals surface area contributed by atoms with Crippen LogP contribution in [0.4, 0.5) is 4.39 Å². The Bertz CT molecular complexity index is 413. The molecule has 0 aliphatic heterocycles. The highest BCUT2D eigenvalue weighted by atomic mass is 35.5. The molecule has 0 bridgehead atoms. The summed E-state index contributed by atoms with van der Waals surface area (Å²) in [7, 11) is 0. The molecule has 1 aliphatic rings. The second kappa shape index (κ2) is 5.21. The molecular formula is C16H22ClF. The minimum absolute atomic E-state index is 0.106. The number of hydrogen-bond donors (Lipinski definition) is 0. The molecule has 0 radical (unpaired) electrons. The van der Waals surface area contributed by atoms with Crippen LogP contribution in [0.2, 0.25) is 0 Å². The molecule has 0 heterocycles. The van der Waals surface area contributed by atoms with Crippen molar-refractivity contribution >= 4 is 11.6 Å². The predicted octanol–water partition coefficient (Wildman–Crippen LogP) is 5.15. The Labute approximate surface area is 115 Å². The highest BCUT2D eigenvalue weighted by Crippen LogP contribution is 2.45. The van der Waals surface area contributed by atoms with Crippen molar-refractivity contribution in [1.29, 1.82) is 0 Å². The summed E-state index contributed by atoms with van der Waals surface area (Å²) < 4.78 is 14.0. The van der Waals surface area contributed by atoms with Gasteiger partial charge in [-0.2, -0.15) is 0 Å². The standard InChI is InChI=1S/C16H22ClF/c1-11-8-9-12(14(17)10-11)16(2,3)13-6-4-5-7-15(13)18/h4-7,11-12,14H,8-10H2,1-3H3. The van der Waals surface area contributed by atoms with Crippen molar-refractivity contribution in [3.8, 4) is 0 Å². The van der Waals surface area contributed by atoms with Crippen LogP contribution in [0, 0.1) is 17.7 Å². The first kappa shape index (κ1) is 13.9. The van der Waals surface area contributed by atoms with E-state index in [1.807, 2.05) is 12.1 Å². The fraction of sp³-hybridized carbons (Fsp3) is 0.625. The molecule has 0 amide bonds. The summed E-state index contributed by atoms with van der Waals surface area (Å²) in [6.07, 6.45) is 3.34. The van der Waals surface area contributed by atoms with Gasteiger partial charge in [-0.25, -0.2) is 4.39 Å². The zero-order chi connectivity index (χ0) is 13.3. The molecule has 1 aromatic rings. The number of halogens is 2. The van der Waals surface area contributed by atoms with E-state index >= 15 is 0 Å². The number of rotatable bonds is 2. The van der Waals surface area contributed by atoms with E-state index in [-0.39, 0.29) is 16.6 Å². The van der Waals surface area contributed by atoms with Gasteiger partial charge in [0.25, 0.3) is 0 Å². The predicted molar refractivity (Wildman–Crippen MR) is 75.6 cm³/mol. The Kier molecular flexibility index (Phi) is 4.01. The molecule has 0 N–H and O–H groups in total. The Morgan fingerprint density at radius 1 is 1.22 bits per heavy atom. The average Bonchev–Trinajstić information content (AvgIpc) is 2.28. The maximum absolute atomic E-state index is 14.0. The van der Waals surface area contributed by atoms with Gasteiger partial charge in [0.1, 0.15) is 5.82 Å². The second-order valence-corrected chi connectivity index (χ2v) is 6.80. The Morgan fingerprint density at radius 3 is 2.50 bits per heavy atom. The van der Waals surface area contributed by atoms with Crippen molar-refractivity contribution in [2.75, 3.05) is 0 Å². The number of hydrogen-bond acceptors (Lipinski definition) is 0. The van der Waals surface area contributed by atoms with Crippen LogP contribution in [0.3, 0.4) is 0 Å². The van der Waals surface area contributed by atoms with E-state index in [0.717, 1.165) is 18.4 Å². The van der Waals surface area contributed by atoms with Crippen molar-refractivity contribution in [3.05, 3.63) is 35.6 Å². The third kappa shape index (κ3) is 2.56. The van der Waals surface area contributed by atoms with Gasteiger partial charge in [0.2, 0.25) is 0 Å². The minimum atomic E-state index is -0.197. The van der Waals surface area contributed by atoms with Crippen molar-refractivity contribution in [2.24, 2.45) is 11.8 Å². The van der Waals surface area contributed by atoms with E-state index in [0.29, 0.717) is 11.8 Å². The average molecular weight is 269 g/mol. The summed E-state index contributed by atoms with van der Waals surface area (Å²) in [5.74, 6) is 0.942. The van der Waals surface area contributed by atoms with Gasteiger partial charge in [0, 0.05) is 5.38 Å². The third-order valence-electron chi connectivity index (χ3n) is 4.53. The Hall–Kier alpha value is -0.560. The van der Waals surface area contributed by atoms with Crippen molar-refractivity contribution in [3.63, 3.8) is 0 Å².